The molecular weight excluding hydrogens is 377 g/mol. The van der Waals surface area contributed by atoms with Gasteiger partial charge in [0.25, 0.3) is 0 Å². The third-order valence-corrected chi connectivity index (χ3v) is 6.76. The molecule has 2 aromatic carbocycles. The maximum Gasteiger partial charge on any atom is 0.392 e. The fourth-order valence-corrected chi connectivity index (χ4v) is 4.89. The predicted octanol–water partition coefficient (Wildman–Crippen LogP) is 4.32. The lowest BCUT2D eigenvalue weighted by Gasteiger charge is -2.44. The molecule has 1 aliphatic carbocycles. The van der Waals surface area contributed by atoms with Gasteiger partial charge in [-0.1, -0.05) is 48.0 Å². The lowest BCUT2D eigenvalue weighted by atomic mass is 9.60. The molecular formula is C20H19F3O3S. The number of Topliss-reactive ketones (excluding diaryl/α,β-unsaturated/α-hetero) is 1. The molecule has 0 heterocycles. The zero-order valence-corrected chi connectivity index (χ0v) is 15.4. The van der Waals surface area contributed by atoms with E-state index in [1.807, 2.05) is 6.92 Å². The normalized spacial score (nSPS) is 22.9. The van der Waals surface area contributed by atoms with E-state index in [4.69, 9.17) is 0 Å². The molecule has 1 aliphatic rings. The molecule has 0 radical (unpaired) electrons. The highest BCUT2D eigenvalue weighted by atomic mass is 32.2. The summed E-state index contributed by atoms with van der Waals surface area (Å²) in [5, 5.41) is 0. The van der Waals surface area contributed by atoms with Crippen molar-refractivity contribution in [3.8, 4) is 0 Å². The number of carbonyl (C=O) groups is 1. The Balaban J connectivity index is 1.86. The topological polar surface area (TPSA) is 51.2 Å². The maximum atomic E-state index is 13.3. The molecule has 0 aromatic heterocycles. The Hall–Kier alpha value is -2.15. The number of rotatable bonds is 5. The number of sulfone groups is 1. The van der Waals surface area contributed by atoms with Crippen LogP contribution in [-0.2, 0) is 14.6 Å². The summed E-state index contributed by atoms with van der Waals surface area (Å²) < 4.78 is 64.8. The molecule has 0 saturated heterocycles. The second-order valence-corrected chi connectivity index (χ2v) is 8.95. The van der Waals surface area contributed by atoms with Crippen molar-refractivity contribution in [2.45, 2.75) is 30.3 Å². The van der Waals surface area contributed by atoms with Crippen LogP contribution in [0.4, 0.5) is 13.2 Å². The fraction of sp³-hybridized carbons (Fsp3) is 0.350. The summed E-state index contributed by atoms with van der Waals surface area (Å²) in [6.07, 6.45) is -4.73. The molecule has 0 aliphatic heterocycles. The zero-order valence-electron chi connectivity index (χ0n) is 14.6. The minimum Gasteiger partial charge on any atom is -0.298 e. The predicted molar refractivity (Wildman–Crippen MR) is 95.1 cm³/mol. The Kier molecular flexibility index (Phi) is 5.16. The van der Waals surface area contributed by atoms with E-state index >= 15 is 0 Å². The molecule has 27 heavy (non-hydrogen) atoms. The van der Waals surface area contributed by atoms with Gasteiger partial charge in [-0.05, 0) is 37.0 Å². The van der Waals surface area contributed by atoms with Crippen LogP contribution in [0.1, 0.15) is 23.5 Å². The van der Waals surface area contributed by atoms with Crippen LogP contribution in [0.25, 0.3) is 0 Å². The van der Waals surface area contributed by atoms with Gasteiger partial charge in [0.05, 0.1) is 10.8 Å². The van der Waals surface area contributed by atoms with Crippen LogP contribution in [0.3, 0.4) is 0 Å². The Morgan fingerprint density at radius 1 is 1.04 bits per heavy atom. The molecule has 0 amide bonds. The number of benzene rings is 2. The maximum absolute atomic E-state index is 13.3. The highest BCUT2D eigenvalue weighted by molar-refractivity contribution is 7.92. The molecule has 3 nitrogen and oxygen atoms in total. The first kappa shape index (κ1) is 19.6. The van der Waals surface area contributed by atoms with Gasteiger partial charge in [0, 0.05) is 5.92 Å². The van der Waals surface area contributed by atoms with Gasteiger partial charge < -0.3 is 0 Å². The van der Waals surface area contributed by atoms with Gasteiger partial charge in [0.15, 0.2) is 15.6 Å². The van der Waals surface area contributed by atoms with E-state index in [9.17, 15) is 26.4 Å². The van der Waals surface area contributed by atoms with Crippen molar-refractivity contribution in [1.82, 2.24) is 0 Å². The van der Waals surface area contributed by atoms with E-state index in [2.05, 4.69) is 0 Å². The van der Waals surface area contributed by atoms with E-state index in [0.717, 1.165) is 5.56 Å². The molecule has 3 atom stereocenters. The van der Waals surface area contributed by atoms with E-state index in [0.29, 0.717) is 5.56 Å². The second-order valence-electron chi connectivity index (χ2n) is 6.97. The number of halogens is 3. The summed E-state index contributed by atoms with van der Waals surface area (Å²) in [7, 11) is -3.98. The van der Waals surface area contributed by atoms with Gasteiger partial charge in [-0.25, -0.2) is 8.42 Å². The summed E-state index contributed by atoms with van der Waals surface area (Å²) in [5.74, 6) is -5.58. The highest BCUT2D eigenvalue weighted by Crippen LogP contribution is 2.54. The van der Waals surface area contributed by atoms with Crippen LogP contribution < -0.4 is 0 Å². The van der Waals surface area contributed by atoms with Crippen molar-refractivity contribution in [1.29, 1.82) is 0 Å². The highest BCUT2D eigenvalue weighted by Gasteiger charge is 2.58. The van der Waals surface area contributed by atoms with E-state index in [-0.39, 0.29) is 11.3 Å². The average Bonchev–Trinajstić information content (AvgIpc) is 2.55. The Morgan fingerprint density at radius 2 is 1.63 bits per heavy atom. The number of carbonyl (C=O) groups excluding carboxylic acids is 1. The molecule has 1 fully saturated rings. The lowest BCUT2D eigenvalue weighted by molar-refractivity contribution is -0.217. The van der Waals surface area contributed by atoms with Gasteiger partial charge in [0.2, 0.25) is 0 Å². The minimum atomic E-state index is -4.53. The number of hydrogen-bond acceptors (Lipinski definition) is 3. The molecule has 0 N–H and O–H groups in total. The fourth-order valence-electron chi connectivity index (χ4n) is 3.59. The van der Waals surface area contributed by atoms with Crippen molar-refractivity contribution >= 4 is 15.6 Å². The van der Waals surface area contributed by atoms with Crippen LogP contribution in [0.2, 0.25) is 0 Å². The Labute approximate surface area is 156 Å². The lowest BCUT2D eigenvalue weighted by Crippen LogP contribution is -2.49. The number of aryl methyl sites for hydroxylation is 1. The third kappa shape index (κ3) is 4.08. The van der Waals surface area contributed by atoms with Gasteiger partial charge >= 0.3 is 6.18 Å². The second kappa shape index (κ2) is 7.11. The summed E-state index contributed by atoms with van der Waals surface area (Å²) in [4.78, 5) is 12.6. The Bertz CT molecular complexity index is 919. The van der Waals surface area contributed by atoms with Crippen LogP contribution in [0.15, 0.2) is 59.5 Å². The van der Waals surface area contributed by atoms with Crippen molar-refractivity contribution in [3.05, 3.63) is 65.7 Å². The summed E-state index contributed by atoms with van der Waals surface area (Å²) >= 11 is 0. The zero-order chi connectivity index (χ0) is 19.8. The first-order valence-electron chi connectivity index (χ1n) is 8.53. The molecule has 0 bridgehead atoms. The van der Waals surface area contributed by atoms with Gasteiger partial charge in [-0.2, -0.15) is 13.2 Å². The molecule has 0 unspecified atom stereocenters. The van der Waals surface area contributed by atoms with Crippen LogP contribution in [0.5, 0.6) is 0 Å². The van der Waals surface area contributed by atoms with Gasteiger partial charge in [-0.3, -0.25) is 4.79 Å². The molecule has 0 spiro atoms. The van der Waals surface area contributed by atoms with Crippen molar-refractivity contribution in [2.24, 2.45) is 11.8 Å². The monoisotopic (exact) mass is 396 g/mol. The molecule has 7 heteroatoms. The Morgan fingerprint density at radius 3 is 2.19 bits per heavy atom. The van der Waals surface area contributed by atoms with E-state index < -0.39 is 45.3 Å². The van der Waals surface area contributed by atoms with Crippen molar-refractivity contribution in [2.75, 3.05) is 5.75 Å². The molecule has 144 valence electrons. The summed E-state index contributed by atoms with van der Waals surface area (Å²) in [6.45, 7) is 1.86. The number of ketones is 1. The number of hydrogen-bond donors (Lipinski definition) is 0. The average molecular weight is 396 g/mol. The SMILES string of the molecule is Cc1ccc([C@@H]2C[C@@H](C(F)(F)F)[C@@H]2C(=O)CS(=O)(=O)c2ccccc2)cc1. The van der Waals surface area contributed by atoms with Crippen LogP contribution in [0, 0.1) is 18.8 Å². The van der Waals surface area contributed by atoms with Gasteiger partial charge in [-0.15, -0.1) is 0 Å². The van der Waals surface area contributed by atoms with Gasteiger partial charge in [0.1, 0.15) is 5.75 Å². The van der Waals surface area contributed by atoms with Crippen molar-refractivity contribution < 1.29 is 26.4 Å². The standard InChI is InChI=1S/C20H19F3O3S/c1-13-7-9-14(10-8-13)16-11-17(20(21,22)23)19(16)18(24)12-27(25,26)15-5-3-2-4-6-15/h2-10,16-17,19H,11-12H2,1H3/t16-,17+,19+/m0/s1. The summed E-state index contributed by atoms with van der Waals surface area (Å²) in [6, 6.07) is 14.3. The minimum absolute atomic E-state index is 0.0619. The largest absolute Gasteiger partial charge is 0.392 e. The first-order chi connectivity index (χ1) is 12.6. The molecule has 1 saturated carbocycles. The smallest absolute Gasteiger partial charge is 0.298 e. The van der Waals surface area contributed by atoms with Crippen LogP contribution in [-0.4, -0.2) is 26.1 Å². The molecule has 3 rings (SSSR count). The van der Waals surface area contributed by atoms with E-state index in [1.165, 1.54) is 24.3 Å². The molecule has 2 aromatic rings. The quantitative estimate of drug-likeness (QED) is 0.756. The third-order valence-electron chi connectivity index (χ3n) is 5.11. The first-order valence-corrected chi connectivity index (χ1v) is 10.2. The van der Waals surface area contributed by atoms with E-state index in [1.54, 1.807) is 30.3 Å². The van der Waals surface area contributed by atoms with Crippen LogP contribution >= 0.6 is 0 Å². The number of alkyl halides is 3. The summed E-state index contributed by atoms with van der Waals surface area (Å²) in [5.41, 5.74) is 1.59. The van der Waals surface area contributed by atoms with Crippen molar-refractivity contribution in [3.63, 3.8) is 0 Å².